The van der Waals surface area contributed by atoms with Crippen molar-refractivity contribution in [2.75, 3.05) is 6.61 Å². The summed E-state index contributed by atoms with van der Waals surface area (Å²) >= 11 is 0. The Kier molecular flexibility index (Phi) is 8.61. The molecule has 0 heterocycles. The number of rotatable bonds is 12. The Morgan fingerprint density at radius 1 is 0.586 bits per heavy atom. The molecule has 0 amide bonds. The molecule has 154 valence electrons. The van der Waals surface area contributed by atoms with Gasteiger partial charge in [0.2, 0.25) is 0 Å². The summed E-state index contributed by atoms with van der Waals surface area (Å²) in [4.78, 5) is 0. The van der Waals surface area contributed by atoms with Crippen LogP contribution >= 0.6 is 0 Å². The second-order valence-corrected chi connectivity index (χ2v) is 8.14. The quantitative estimate of drug-likeness (QED) is 0.282. The van der Waals surface area contributed by atoms with Gasteiger partial charge in [0.05, 0.1) is 6.61 Å². The highest BCUT2D eigenvalue weighted by Gasteiger charge is 2.03. The van der Waals surface area contributed by atoms with Crippen LogP contribution in [-0.2, 0) is 6.42 Å². The zero-order chi connectivity index (χ0) is 20.3. The molecule has 3 aromatic rings. The van der Waals surface area contributed by atoms with Crippen molar-refractivity contribution in [3.05, 3.63) is 66.2 Å². The first kappa shape index (κ1) is 21.4. The number of benzene rings is 3. The Morgan fingerprint density at radius 2 is 1.24 bits per heavy atom. The molecule has 0 fully saturated rings. The molecule has 0 aromatic heterocycles. The van der Waals surface area contributed by atoms with Gasteiger partial charge in [-0.25, -0.2) is 0 Å². The predicted octanol–water partition coefficient (Wildman–Crippen LogP) is 8.59. The van der Waals surface area contributed by atoms with Gasteiger partial charge in [-0.15, -0.1) is 0 Å². The van der Waals surface area contributed by atoms with Gasteiger partial charge in [-0.05, 0) is 64.9 Å². The molecule has 3 aromatic carbocycles. The van der Waals surface area contributed by atoms with Crippen LogP contribution in [0, 0.1) is 0 Å². The van der Waals surface area contributed by atoms with E-state index in [9.17, 15) is 0 Å². The van der Waals surface area contributed by atoms with Crippen molar-refractivity contribution in [3.63, 3.8) is 0 Å². The average molecular weight is 389 g/mol. The van der Waals surface area contributed by atoms with Crippen LogP contribution in [0.4, 0.5) is 0 Å². The van der Waals surface area contributed by atoms with E-state index in [1.54, 1.807) is 0 Å². The van der Waals surface area contributed by atoms with Crippen LogP contribution in [0.25, 0.3) is 21.9 Å². The fourth-order valence-corrected chi connectivity index (χ4v) is 3.80. The topological polar surface area (TPSA) is 9.23 Å². The van der Waals surface area contributed by atoms with Crippen LogP contribution in [0.3, 0.4) is 0 Å². The van der Waals surface area contributed by atoms with E-state index in [-0.39, 0.29) is 0 Å². The minimum Gasteiger partial charge on any atom is -0.494 e. The van der Waals surface area contributed by atoms with Crippen molar-refractivity contribution >= 4 is 10.8 Å². The largest absolute Gasteiger partial charge is 0.494 e. The van der Waals surface area contributed by atoms with Gasteiger partial charge in [-0.3, -0.25) is 0 Å². The third-order valence-electron chi connectivity index (χ3n) is 5.68. The predicted molar refractivity (Wildman–Crippen MR) is 127 cm³/mol. The maximum Gasteiger partial charge on any atom is 0.119 e. The fraction of sp³-hybridized carbons (Fsp3) is 0.429. The lowest BCUT2D eigenvalue weighted by molar-refractivity contribution is 0.310. The zero-order valence-corrected chi connectivity index (χ0v) is 18.3. The van der Waals surface area contributed by atoms with E-state index >= 15 is 0 Å². The van der Waals surface area contributed by atoms with Crippen molar-refractivity contribution in [3.8, 4) is 16.9 Å². The monoisotopic (exact) mass is 388 g/mol. The summed E-state index contributed by atoms with van der Waals surface area (Å²) < 4.78 is 5.84. The molecule has 0 N–H and O–H groups in total. The third kappa shape index (κ3) is 6.63. The molecule has 0 aliphatic rings. The molecule has 0 bridgehead atoms. The number of fused-ring (bicyclic) bond motifs is 1. The van der Waals surface area contributed by atoms with Crippen molar-refractivity contribution in [1.29, 1.82) is 0 Å². The summed E-state index contributed by atoms with van der Waals surface area (Å²) in [5.41, 5.74) is 4.03. The van der Waals surface area contributed by atoms with E-state index in [4.69, 9.17) is 4.74 Å². The smallest absolute Gasteiger partial charge is 0.119 e. The molecule has 3 rings (SSSR count). The zero-order valence-electron chi connectivity index (χ0n) is 18.3. The lowest BCUT2D eigenvalue weighted by atomic mass is 9.98. The van der Waals surface area contributed by atoms with E-state index in [1.807, 2.05) is 0 Å². The first-order chi connectivity index (χ1) is 14.3. The van der Waals surface area contributed by atoms with Crippen molar-refractivity contribution in [1.82, 2.24) is 0 Å². The summed E-state index contributed by atoms with van der Waals surface area (Å²) in [6, 6.07) is 22.3. The van der Waals surface area contributed by atoms with Gasteiger partial charge >= 0.3 is 0 Å². The number of aryl methyl sites for hydroxylation is 1. The van der Waals surface area contributed by atoms with E-state index < -0.39 is 0 Å². The molecule has 0 aliphatic carbocycles. The van der Waals surface area contributed by atoms with Crippen LogP contribution in [0.2, 0.25) is 0 Å². The number of ether oxygens (including phenoxy) is 1. The van der Waals surface area contributed by atoms with Gasteiger partial charge < -0.3 is 4.74 Å². The van der Waals surface area contributed by atoms with Gasteiger partial charge in [-0.2, -0.15) is 0 Å². The van der Waals surface area contributed by atoms with Crippen LogP contribution in [0.1, 0.15) is 70.8 Å². The van der Waals surface area contributed by atoms with Crippen LogP contribution in [0.15, 0.2) is 60.7 Å². The maximum atomic E-state index is 5.84. The van der Waals surface area contributed by atoms with E-state index in [0.717, 1.165) is 25.2 Å². The molecule has 1 heteroatoms. The van der Waals surface area contributed by atoms with Crippen molar-refractivity contribution in [2.24, 2.45) is 0 Å². The Morgan fingerprint density at radius 3 is 2.03 bits per heavy atom. The van der Waals surface area contributed by atoms with E-state index in [1.165, 1.54) is 72.4 Å². The molecular formula is C28H36O. The Labute approximate surface area is 177 Å². The molecule has 0 radical (unpaired) electrons. The van der Waals surface area contributed by atoms with Crippen LogP contribution in [0.5, 0.6) is 5.75 Å². The number of hydrogen-bond donors (Lipinski definition) is 0. The van der Waals surface area contributed by atoms with Gasteiger partial charge in [0.1, 0.15) is 5.75 Å². The minimum absolute atomic E-state index is 0.797. The van der Waals surface area contributed by atoms with E-state index in [2.05, 4.69) is 74.5 Å². The second-order valence-electron chi connectivity index (χ2n) is 8.14. The third-order valence-corrected chi connectivity index (χ3v) is 5.68. The first-order valence-electron chi connectivity index (χ1n) is 11.6. The Bertz CT molecular complexity index is 863. The molecule has 0 aliphatic heterocycles. The molecule has 0 unspecified atom stereocenters. The molecule has 1 nitrogen and oxygen atoms in total. The maximum absolute atomic E-state index is 5.84. The fourth-order valence-electron chi connectivity index (χ4n) is 3.80. The molecule has 0 saturated heterocycles. The average Bonchev–Trinajstić information content (AvgIpc) is 2.76. The molecule has 0 spiro atoms. The Hall–Kier alpha value is -2.28. The highest BCUT2D eigenvalue weighted by atomic mass is 16.5. The lowest BCUT2D eigenvalue weighted by Gasteiger charge is -2.09. The molecular weight excluding hydrogens is 352 g/mol. The van der Waals surface area contributed by atoms with Crippen molar-refractivity contribution in [2.45, 2.75) is 71.6 Å². The first-order valence-corrected chi connectivity index (χ1v) is 11.6. The van der Waals surface area contributed by atoms with Gasteiger partial charge in [0.15, 0.2) is 0 Å². The molecule has 29 heavy (non-hydrogen) atoms. The second kappa shape index (κ2) is 11.7. The standard InChI is InChI=1S/C28H36O/c1-3-5-7-8-9-10-11-23-12-14-24(15-13-23)25-16-17-27-22-28(29-20-6-4-2)19-18-26(27)21-25/h12-19,21-22H,3-11,20H2,1-2H3. The lowest BCUT2D eigenvalue weighted by Crippen LogP contribution is -1.96. The SMILES string of the molecule is CCCCCCCCc1ccc(-c2ccc3cc(OCCCC)ccc3c2)cc1. The van der Waals surface area contributed by atoms with Crippen LogP contribution < -0.4 is 4.74 Å². The normalized spacial score (nSPS) is 11.1. The van der Waals surface area contributed by atoms with Crippen LogP contribution in [-0.4, -0.2) is 6.61 Å². The Balaban J connectivity index is 1.59. The van der Waals surface area contributed by atoms with Crippen molar-refractivity contribution < 1.29 is 4.74 Å². The summed E-state index contributed by atoms with van der Waals surface area (Å²) in [7, 11) is 0. The highest BCUT2D eigenvalue weighted by Crippen LogP contribution is 2.27. The summed E-state index contributed by atoms with van der Waals surface area (Å²) in [5.74, 6) is 0.970. The van der Waals surface area contributed by atoms with E-state index in [0.29, 0.717) is 0 Å². The number of hydrogen-bond acceptors (Lipinski definition) is 1. The summed E-state index contributed by atoms with van der Waals surface area (Å²) in [6.07, 6.45) is 11.6. The number of unbranched alkanes of at least 4 members (excludes halogenated alkanes) is 6. The minimum atomic E-state index is 0.797. The van der Waals surface area contributed by atoms with Gasteiger partial charge in [0.25, 0.3) is 0 Å². The highest BCUT2D eigenvalue weighted by molar-refractivity contribution is 5.88. The summed E-state index contributed by atoms with van der Waals surface area (Å²) in [5, 5.41) is 2.50. The summed E-state index contributed by atoms with van der Waals surface area (Å²) in [6.45, 7) is 5.26. The molecule has 0 saturated carbocycles. The van der Waals surface area contributed by atoms with Gasteiger partial charge in [-0.1, -0.05) is 94.8 Å². The molecule has 0 atom stereocenters. The van der Waals surface area contributed by atoms with Gasteiger partial charge in [0, 0.05) is 0 Å².